The average Bonchev–Trinajstić information content (AvgIpc) is 2.92. The summed E-state index contributed by atoms with van der Waals surface area (Å²) in [7, 11) is 4.09. The van der Waals surface area contributed by atoms with Crippen molar-refractivity contribution < 1.29 is 9.47 Å². The normalized spacial score (nSPS) is 20.2. The molecule has 7 heteroatoms. The van der Waals surface area contributed by atoms with Crippen LogP contribution in [-0.4, -0.2) is 68.6 Å². The van der Waals surface area contributed by atoms with Crippen LogP contribution < -0.4 is 19.7 Å². The van der Waals surface area contributed by atoms with Crippen LogP contribution in [0.25, 0.3) is 0 Å². The van der Waals surface area contributed by atoms with Crippen molar-refractivity contribution in [2.45, 2.75) is 84.3 Å². The standard InChI is InChI=1S/C31H47N5O2/c1-6-16-32-30-23(2)21-28(36-17-8-7-9-18-36)24(3)31(30)38-26-12-10-25(11-13-26)34-29-15-14-27(22-33-29)37-20-19-35(4)5/h14-16,21-22,25-26H,6-13,17-20H2,1-5H3,(H,33,34). The maximum atomic E-state index is 6.79. The number of ether oxygens (including phenoxy) is 2. The van der Waals surface area contributed by atoms with Gasteiger partial charge in [-0.1, -0.05) is 6.92 Å². The van der Waals surface area contributed by atoms with Gasteiger partial charge in [0.1, 0.15) is 23.9 Å². The number of nitrogens with zero attached hydrogens (tertiary/aromatic N) is 4. The molecule has 2 aliphatic rings. The predicted molar refractivity (Wildman–Crippen MR) is 159 cm³/mol. The molecule has 0 amide bonds. The number of hydrogen-bond acceptors (Lipinski definition) is 7. The van der Waals surface area contributed by atoms with Crippen LogP contribution in [0.3, 0.4) is 0 Å². The fourth-order valence-electron chi connectivity index (χ4n) is 5.40. The van der Waals surface area contributed by atoms with Crippen LogP contribution in [0.4, 0.5) is 17.2 Å². The monoisotopic (exact) mass is 521 g/mol. The molecule has 4 rings (SSSR count). The summed E-state index contributed by atoms with van der Waals surface area (Å²) >= 11 is 0. The minimum Gasteiger partial charge on any atom is -0.491 e. The SMILES string of the molecule is CCC=Nc1c(C)cc(N2CCCCC2)c(C)c1OC1CCC(Nc2ccc(OCCN(C)C)cn2)CC1. The Morgan fingerprint density at radius 2 is 1.87 bits per heavy atom. The van der Waals surface area contributed by atoms with Crippen LogP contribution in [0.1, 0.15) is 69.4 Å². The highest BCUT2D eigenvalue weighted by molar-refractivity contribution is 5.75. The molecule has 0 atom stereocenters. The summed E-state index contributed by atoms with van der Waals surface area (Å²) < 4.78 is 12.6. The smallest absolute Gasteiger partial charge is 0.150 e. The summed E-state index contributed by atoms with van der Waals surface area (Å²) in [5, 5.41) is 3.62. The number of nitrogens with one attached hydrogen (secondary N) is 1. The topological polar surface area (TPSA) is 62.2 Å². The van der Waals surface area contributed by atoms with Crippen LogP contribution in [0.15, 0.2) is 29.4 Å². The Bertz CT molecular complexity index is 1040. The lowest BCUT2D eigenvalue weighted by molar-refractivity contribution is 0.150. The number of aromatic nitrogens is 1. The predicted octanol–water partition coefficient (Wildman–Crippen LogP) is 6.54. The Labute approximate surface area is 229 Å². The Morgan fingerprint density at radius 1 is 1.11 bits per heavy atom. The molecule has 0 unspecified atom stereocenters. The van der Waals surface area contributed by atoms with Gasteiger partial charge in [-0.15, -0.1) is 0 Å². The second-order valence-corrected chi connectivity index (χ2v) is 11.0. The second kappa shape index (κ2) is 13.8. The fraction of sp³-hybridized carbons (Fsp3) is 0.613. The van der Waals surface area contributed by atoms with Gasteiger partial charge in [0.25, 0.3) is 0 Å². The summed E-state index contributed by atoms with van der Waals surface area (Å²) in [4.78, 5) is 14.1. The molecule has 2 heterocycles. The lowest BCUT2D eigenvalue weighted by atomic mass is 9.92. The van der Waals surface area contributed by atoms with Gasteiger partial charge in [0.15, 0.2) is 5.75 Å². The van der Waals surface area contributed by atoms with Crippen molar-refractivity contribution in [3.8, 4) is 11.5 Å². The molecular weight excluding hydrogens is 474 g/mol. The Kier molecular flexibility index (Phi) is 10.3. The minimum atomic E-state index is 0.207. The van der Waals surface area contributed by atoms with Crippen molar-refractivity contribution in [1.29, 1.82) is 0 Å². The number of pyridine rings is 1. The number of anilines is 2. The first kappa shape index (κ1) is 28.2. The molecular formula is C31H47N5O2. The molecule has 2 aromatic rings. The molecule has 1 aromatic carbocycles. The highest BCUT2D eigenvalue weighted by Gasteiger charge is 2.26. The molecule has 7 nitrogen and oxygen atoms in total. The summed E-state index contributed by atoms with van der Waals surface area (Å²) in [6.07, 6.45) is 13.0. The first-order chi connectivity index (χ1) is 18.4. The molecule has 0 radical (unpaired) electrons. The van der Waals surface area contributed by atoms with Gasteiger partial charge in [0.2, 0.25) is 0 Å². The zero-order chi connectivity index (χ0) is 26.9. The van der Waals surface area contributed by atoms with Crippen LogP contribution in [0, 0.1) is 13.8 Å². The van der Waals surface area contributed by atoms with E-state index in [2.05, 4.69) is 46.9 Å². The first-order valence-electron chi connectivity index (χ1n) is 14.5. The van der Waals surface area contributed by atoms with Crippen LogP contribution in [-0.2, 0) is 0 Å². The summed E-state index contributed by atoms with van der Waals surface area (Å²) in [5.41, 5.74) is 4.76. The lowest BCUT2D eigenvalue weighted by Gasteiger charge is -2.34. The van der Waals surface area contributed by atoms with E-state index in [1.807, 2.05) is 38.6 Å². The molecule has 1 aromatic heterocycles. The van der Waals surface area contributed by atoms with Crippen LogP contribution in [0.5, 0.6) is 11.5 Å². The maximum absolute atomic E-state index is 6.79. The van der Waals surface area contributed by atoms with Gasteiger partial charge in [-0.25, -0.2) is 4.98 Å². The van der Waals surface area contributed by atoms with Crippen molar-refractivity contribution in [2.24, 2.45) is 4.99 Å². The van der Waals surface area contributed by atoms with E-state index in [-0.39, 0.29) is 6.10 Å². The quantitative estimate of drug-likeness (QED) is 0.339. The van der Waals surface area contributed by atoms with Crippen molar-refractivity contribution in [3.63, 3.8) is 0 Å². The number of piperidine rings is 1. The van der Waals surface area contributed by atoms with Gasteiger partial charge in [0.05, 0.1) is 12.3 Å². The number of aliphatic imine (C=N–C) groups is 1. The van der Waals surface area contributed by atoms with Crippen molar-refractivity contribution in [3.05, 3.63) is 35.5 Å². The fourth-order valence-corrected chi connectivity index (χ4v) is 5.40. The van der Waals surface area contributed by atoms with Crippen molar-refractivity contribution in [2.75, 3.05) is 50.6 Å². The Morgan fingerprint density at radius 3 is 2.53 bits per heavy atom. The third kappa shape index (κ3) is 7.62. The average molecular weight is 522 g/mol. The summed E-state index contributed by atoms with van der Waals surface area (Å²) in [6.45, 7) is 10.3. The van der Waals surface area contributed by atoms with Gasteiger partial charge >= 0.3 is 0 Å². The van der Waals surface area contributed by atoms with E-state index in [1.165, 1.54) is 36.1 Å². The van der Waals surface area contributed by atoms with Gasteiger partial charge in [0, 0.05) is 43.1 Å². The van der Waals surface area contributed by atoms with E-state index in [1.54, 1.807) is 0 Å². The summed E-state index contributed by atoms with van der Waals surface area (Å²) in [6, 6.07) is 6.74. The van der Waals surface area contributed by atoms with Crippen molar-refractivity contribution in [1.82, 2.24) is 9.88 Å². The van der Waals surface area contributed by atoms with Crippen LogP contribution in [0.2, 0.25) is 0 Å². The van der Waals surface area contributed by atoms with Gasteiger partial charge in [-0.05, 0) is 103 Å². The van der Waals surface area contributed by atoms with E-state index in [9.17, 15) is 0 Å². The highest BCUT2D eigenvalue weighted by Crippen LogP contribution is 2.43. The van der Waals surface area contributed by atoms with Crippen molar-refractivity contribution >= 4 is 23.4 Å². The molecule has 0 bridgehead atoms. The molecule has 1 saturated carbocycles. The zero-order valence-electron chi connectivity index (χ0n) is 24.1. The third-order valence-corrected chi connectivity index (χ3v) is 7.62. The Balaban J connectivity index is 1.37. The van der Waals surface area contributed by atoms with Gasteiger partial charge in [-0.2, -0.15) is 0 Å². The second-order valence-electron chi connectivity index (χ2n) is 11.0. The highest BCUT2D eigenvalue weighted by atomic mass is 16.5. The zero-order valence-corrected chi connectivity index (χ0v) is 24.1. The first-order valence-corrected chi connectivity index (χ1v) is 14.5. The van der Waals surface area contributed by atoms with Gasteiger partial charge in [-0.3, -0.25) is 4.99 Å². The van der Waals surface area contributed by atoms with Crippen LogP contribution >= 0.6 is 0 Å². The van der Waals surface area contributed by atoms with E-state index in [0.717, 1.165) is 74.7 Å². The maximum Gasteiger partial charge on any atom is 0.150 e. The molecule has 1 aliphatic heterocycles. The molecule has 1 saturated heterocycles. The number of hydrogen-bond donors (Lipinski definition) is 1. The molecule has 1 N–H and O–H groups in total. The minimum absolute atomic E-state index is 0.207. The largest absolute Gasteiger partial charge is 0.491 e. The number of benzene rings is 1. The number of likely N-dealkylation sites (N-methyl/N-ethyl adjacent to an activating group) is 1. The lowest BCUT2D eigenvalue weighted by Crippen LogP contribution is -2.32. The molecule has 0 spiro atoms. The molecule has 208 valence electrons. The van der Waals surface area contributed by atoms with E-state index in [4.69, 9.17) is 14.5 Å². The number of rotatable bonds is 11. The number of aryl methyl sites for hydroxylation is 1. The molecule has 1 aliphatic carbocycles. The van der Waals surface area contributed by atoms with E-state index in [0.29, 0.717) is 12.6 Å². The van der Waals surface area contributed by atoms with Gasteiger partial charge < -0.3 is 24.6 Å². The Hall–Kier alpha value is -2.80. The summed E-state index contributed by atoms with van der Waals surface area (Å²) in [5.74, 6) is 2.71. The third-order valence-electron chi connectivity index (χ3n) is 7.62. The van der Waals surface area contributed by atoms with E-state index >= 15 is 0 Å². The molecule has 38 heavy (non-hydrogen) atoms. The van der Waals surface area contributed by atoms with E-state index < -0.39 is 0 Å². The molecule has 2 fully saturated rings.